The van der Waals surface area contributed by atoms with E-state index in [1.165, 1.54) is 25.0 Å². The van der Waals surface area contributed by atoms with Gasteiger partial charge in [-0.3, -0.25) is 0 Å². The van der Waals surface area contributed by atoms with Crippen molar-refractivity contribution in [2.24, 2.45) is 10.8 Å². The Morgan fingerprint density at radius 1 is 1.12 bits per heavy atom. The smallest absolute Gasteiger partial charge is 0.0856 e. The standard InChI is InChI=1S/C13H23N3/c1-5-10-11(15-16-14-10)7-8-13(4)9-12(13,3)6-2/h5-9H2,1-4H3,(H,14,15,16)/t12-,13+/m1/s1. The first-order chi connectivity index (χ1) is 7.54. The Bertz CT molecular complexity index is 371. The van der Waals surface area contributed by atoms with Crippen LogP contribution in [0.15, 0.2) is 0 Å². The molecule has 90 valence electrons. The second kappa shape index (κ2) is 3.86. The number of rotatable bonds is 5. The second-order valence-electron chi connectivity index (χ2n) is 5.72. The minimum atomic E-state index is 0.533. The summed E-state index contributed by atoms with van der Waals surface area (Å²) in [4.78, 5) is 0. The van der Waals surface area contributed by atoms with Crippen molar-refractivity contribution in [1.29, 1.82) is 0 Å². The molecule has 16 heavy (non-hydrogen) atoms. The largest absolute Gasteiger partial charge is 0.197 e. The lowest BCUT2D eigenvalue weighted by Crippen LogP contribution is -2.08. The first kappa shape index (κ1) is 11.6. The van der Waals surface area contributed by atoms with Gasteiger partial charge in [0, 0.05) is 0 Å². The molecule has 0 aromatic carbocycles. The molecule has 0 unspecified atom stereocenters. The van der Waals surface area contributed by atoms with Gasteiger partial charge in [-0.25, -0.2) is 0 Å². The number of aromatic amines is 1. The number of aryl methyl sites for hydroxylation is 2. The number of nitrogens with one attached hydrogen (secondary N) is 1. The van der Waals surface area contributed by atoms with Crippen molar-refractivity contribution in [3.63, 3.8) is 0 Å². The summed E-state index contributed by atoms with van der Waals surface area (Å²) >= 11 is 0. The Morgan fingerprint density at radius 3 is 2.38 bits per heavy atom. The van der Waals surface area contributed by atoms with Crippen LogP contribution < -0.4 is 0 Å². The predicted octanol–water partition coefficient (Wildman–Crippen LogP) is 3.13. The zero-order valence-corrected chi connectivity index (χ0v) is 10.9. The Morgan fingerprint density at radius 2 is 1.81 bits per heavy atom. The van der Waals surface area contributed by atoms with Gasteiger partial charge in [-0.05, 0) is 36.5 Å². The number of hydrogen-bond acceptors (Lipinski definition) is 2. The van der Waals surface area contributed by atoms with Gasteiger partial charge in [0.1, 0.15) is 0 Å². The highest BCUT2D eigenvalue weighted by Gasteiger charge is 2.58. The van der Waals surface area contributed by atoms with E-state index >= 15 is 0 Å². The van der Waals surface area contributed by atoms with Crippen LogP contribution in [-0.2, 0) is 12.8 Å². The number of hydrogen-bond donors (Lipinski definition) is 1. The Kier molecular flexibility index (Phi) is 2.81. The maximum Gasteiger partial charge on any atom is 0.0856 e. The maximum absolute atomic E-state index is 4.26. The van der Waals surface area contributed by atoms with E-state index in [0.717, 1.165) is 18.5 Å². The van der Waals surface area contributed by atoms with Crippen molar-refractivity contribution < 1.29 is 0 Å². The fourth-order valence-electron chi connectivity index (χ4n) is 2.91. The van der Waals surface area contributed by atoms with E-state index < -0.39 is 0 Å². The molecule has 1 aliphatic carbocycles. The van der Waals surface area contributed by atoms with Crippen molar-refractivity contribution in [3.8, 4) is 0 Å². The van der Waals surface area contributed by atoms with Crippen molar-refractivity contribution in [3.05, 3.63) is 11.4 Å². The lowest BCUT2D eigenvalue weighted by molar-refractivity contribution is 0.354. The van der Waals surface area contributed by atoms with E-state index in [4.69, 9.17) is 0 Å². The Labute approximate surface area is 98.0 Å². The van der Waals surface area contributed by atoms with Crippen LogP contribution in [-0.4, -0.2) is 15.4 Å². The highest BCUT2D eigenvalue weighted by molar-refractivity contribution is 5.13. The zero-order valence-electron chi connectivity index (χ0n) is 10.9. The van der Waals surface area contributed by atoms with Crippen LogP contribution in [0.3, 0.4) is 0 Å². The molecule has 0 radical (unpaired) electrons. The molecule has 1 fully saturated rings. The van der Waals surface area contributed by atoms with E-state index in [1.54, 1.807) is 0 Å². The summed E-state index contributed by atoms with van der Waals surface area (Å²) in [6.45, 7) is 9.27. The van der Waals surface area contributed by atoms with Crippen molar-refractivity contribution in [2.75, 3.05) is 0 Å². The number of aromatic nitrogens is 3. The first-order valence-corrected chi connectivity index (χ1v) is 6.43. The molecule has 0 aliphatic heterocycles. The summed E-state index contributed by atoms with van der Waals surface area (Å²) in [5.74, 6) is 0. The van der Waals surface area contributed by atoms with Crippen LogP contribution in [0.25, 0.3) is 0 Å². The van der Waals surface area contributed by atoms with Gasteiger partial charge in [0.05, 0.1) is 11.4 Å². The molecular weight excluding hydrogens is 198 g/mol. The zero-order chi connectivity index (χ0) is 11.8. The van der Waals surface area contributed by atoms with Crippen molar-refractivity contribution >= 4 is 0 Å². The van der Waals surface area contributed by atoms with Gasteiger partial charge in [-0.1, -0.05) is 34.1 Å². The van der Waals surface area contributed by atoms with Gasteiger partial charge in [0.2, 0.25) is 0 Å². The minimum Gasteiger partial charge on any atom is -0.197 e. The second-order valence-corrected chi connectivity index (χ2v) is 5.72. The monoisotopic (exact) mass is 221 g/mol. The molecule has 3 heteroatoms. The Hall–Kier alpha value is -0.860. The quantitative estimate of drug-likeness (QED) is 0.830. The predicted molar refractivity (Wildman–Crippen MR) is 65.2 cm³/mol. The first-order valence-electron chi connectivity index (χ1n) is 6.43. The molecule has 2 atom stereocenters. The highest BCUT2D eigenvalue weighted by Crippen LogP contribution is 2.67. The molecular formula is C13H23N3. The van der Waals surface area contributed by atoms with Gasteiger partial charge in [0.25, 0.3) is 0 Å². The fraction of sp³-hybridized carbons (Fsp3) is 0.846. The molecule has 0 bridgehead atoms. The highest BCUT2D eigenvalue weighted by atomic mass is 15.3. The molecule has 1 aliphatic rings. The van der Waals surface area contributed by atoms with E-state index in [9.17, 15) is 0 Å². The molecule has 1 saturated carbocycles. The normalized spacial score (nSPS) is 33.0. The molecule has 0 saturated heterocycles. The van der Waals surface area contributed by atoms with Crippen LogP contribution >= 0.6 is 0 Å². The maximum atomic E-state index is 4.26. The molecule has 1 aromatic rings. The van der Waals surface area contributed by atoms with Gasteiger partial charge in [-0.2, -0.15) is 15.4 Å². The minimum absolute atomic E-state index is 0.533. The molecule has 1 heterocycles. The van der Waals surface area contributed by atoms with Crippen LogP contribution in [0, 0.1) is 10.8 Å². The summed E-state index contributed by atoms with van der Waals surface area (Å²) < 4.78 is 0. The van der Waals surface area contributed by atoms with E-state index in [-0.39, 0.29) is 0 Å². The summed E-state index contributed by atoms with van der Waals surface area (Å²) in [5.41, 5.74) is 3.42. The van der Waals surface area contributed by atoms with Crippen LogP contribution in [0.4, 0.5) is 0 Å². The van der Waals surface area contributed by atoms with Gasteiger partial charge >= 0.3 is 0 Å². The fourth-order valence-corrected chi connectivity index (χ4v) is 2.91. The lowest BCUT2D eigenvalue weighted by Gasteiger charge is -2.16. The molecule has 1 aromatic heterocycles. The third-order valence-electron chi connectivity index (χ3n) is 4.84. The Balaban J connectivity index is 1.94. The number of H-pyrrole nitrogens is 1. The average molecular weight is 221 g/mol. The van der Waals surface area contributed by atoms with Crippen molar-refractivity contribution in [2.45, 2.75) is 59.8 Å². The summed E-state index contributed by atoms with van der Waals surface area (Å²) in [6.07, 6.45) is 5.97. The van der Waals surface area contributed by atoms with E-state index in [2.05, 4.69) is 43.1 Å². The SMILES string of the molecule is CCc1n[nH]nc1CC[C@@]1(C)C[C@@]1(C)CC. The van der Waals surface area contributed by atoms with Crippen LogP contribution in [0.1, 0.15) is 58.3 Å². The van der Waals surface area contributed by atoms with E-state index in [0.29, 0.717) is 10.8 Å². The lowest BCUT2D eigenvalue weighted by atomic mass is 9.89. The summed E-state index contributed by atoms with van der Waals surface area (Å²) in [5, 5.41) is 11.2. The van der Waals surface area contributed by atoms with Crippen LogP contribution in [0.2, 0.25) is 0 Å². The van der Waals surface area contributed by atoms with Crippen LogP contribution in [0.5, 0.6) is 0 Å². The van der Waals surface area contributed by atoms with Gasteiger partial charge in [0.15, 0.2) is 0 Å². The van der Waals surface area contributed by atoms with Gasteiger partial charge in [-0.15, -0.1) is 0 Å². The molecule has 1 N–H and O–H groups in total. The summed E-state index contributed by atoms with van der Waals surface area (Å²) in [6, 6.07) is 0. The van der Waals surface area contributed by atoms with E-state index in [1.807, 2.05) is 0 Å². The third-order valence-corrected chi connectivity index (χ3v) is 4.84. The topological polar surface area (TPSA) is 41.6 Å². The van der Waals surface area contributed by atoms with Crippen molar-refractivity contribution in [1.82, 2.24) is 15.4 Å². The molecule has 0 spiro atoms. The molecule has 2 rings (SSSR count). The average Bonchev–Trinajstić information content (AvgIpc) is 2.67. The number of nitrogens with zero attached hydrogens (tertiary/aromatic N) is 2. The summed E-state index contributed by atoms with van der Waals surface area (Å²) in [7, 11) is 0. The third kappa shape index (κ3) is 1.76. The molecule has 0 amide bonds. The van der Waals surface area contributed by atoms with Gasteiger partial charge < -0.3 is 0 Å². The molecule has 3 nitrogen and oxygen atoms in total.